The number of Topliss-reactive ketones (excluding diaryl/α,β-unsaturated/α-hetero) is 2. The van der Waals surface area contributed by atoms with Crippen LogP contribution in [-0.2, 0) is 23.9 Å². The maximum atomic E-state index is 14.1. The van der Waals surface area contributed by atoms with Crippen LogP contribution in [0.2, 0.25) is 0 Å². The number of rotatable bonds is 10. The second-order valence-electron chi connectivity index (χ2n) is 12.9. The number of nitrogens with zero attached hydrogens (tertiary/aromatic N) is 1. The molecular weight excluding hydrogens is 545 g/mol. The van der Waals surface area contributed by atoms with Gasteiger partial charge in [-0.1, -0.05) is 38.5 Å². The summed E-state index contributed by atoms with van der Waals surface area (Å²) in [6, 6.07) is -1.79. The first kappa shape index (κ1) is 30.1. The minimum absolute atomic E-state index is 0.0917. The number of alkyl halides is 2. The van der Waals surface area contributed by atoms with Crippen molar-refractivity contribution in [3.63, 3.8) is 0 Å². The number of amides is 3. The lowest BCUT2D eigenvalue weighted by Gasteiger charge is -2.37. The van der Waals surface area contributed by atoms with Crippen LogP contribution in [0.15, 0.2) is 0 Å². The highest BCUT2D eigenvalue weighted by atomic mass is 35.5. The number of hydrogen-bond donors (Lipinski definition) is 2. The number of nitrogens with two attached hydrogens (primary N) is 1. The van der Waals surface area contributed by atoms with E-state index in [2.05, 4.69) is 5.32 Å². The fourth-order valence-electron chi connectivity index (χ4n) is 6.64. The molecule has 9 nitrogen and oxygen atoms in total. The first-order chi connectivity index (χ1) is 18.2. The van der Waals surface area contributed by atoms with Crippen LogP contribution >= 0.6 is 23.2 Å². The second kappa shape index (κ2) is 11.6. The first-order valence-electron chi connectivity index (χ1n) is 14.2. The molecule has 0 bridgehead atoms. The van der Waals surface area contributed by atoms with Crippen molar-refractivity contribution in [1.82, 2.24) is 10.2 Å². The molecule has 218 valence electrons. The van der Waals surface area contributed by atoms with Crippen molar-refractivity contribution in [2.75, 3.05) is 6.54 Å². The van der Waals surface area contributed by atoms with E-state index >= 15 is 0 Å². The molecule has 0 spiro atoms. The summed E-state index contributed by atoms with van der Waals surface area (Å²) in [5.41, 5.74) is 4.57. The molecule has 3 saturated carbocycles. The number of likely N-dealkylation sites (tertiary alicyclic amines) is 1. The SMILES string of the molecule is CC(C)(C)OC(=O)N[C@H](C(=O)N1C[C@H]2[C@@H]([C@H]1C(=O)CC(CC1CCC1)C(=O)C(N)=O)C2(Cl)Cl)C1CCCCC1. The molecule has 0 aromatic rings. The minimum Gasteiger partial charge on any atom is -0.444 e. The maximum Gasteiger partial charge on any atom is 0.408 e. The van der Waals surface area contributed by atoms with E-state index in [-0.39, 0.29) is 42.4 Å². The molecule has 0 radical (unpaired) electrons. The Morgan fingerprint density at radius 1 is 1.03 bits per heavy atom. The topological polar surface area (TPSA) is 136 Å². The van der Waals surface area contributed by atoms with Gasteiger partial charge in [0, 0.05) is 30.7 Å². The lowest BCUT2D eigenvalue weighted by atomic mass is 9.76. The van der Waals surface area contributed by atoms with E-state index in [1.807, 2.05) is 0 Å². The average Bonchev–Trinajstić information content (AvgIpc) is 3.15. The Hall–Kier alpha value is -1.87. The van der Waals surface area contributed by atoms with Gasteiger partial charge in [-0.25, -0.2) is 4.79 Å². The maximum absolute atomic E-state index is 14.1. The van der Waals surface area contributed by atoms with E-state index in [1.54, 1.807) is 20.8 Å². The Kier molecular flexibility index (Phi) is 8.91. The number of ketones is 2. The minimum atomic E-state index is -1.15. The highest BCUT2D eigenvalue weighted by Crippen LogP contribution is 2.65. The van der Waals surface area contributed by atoms with Crippen molar-refractivity contribution in [3.8, 4) is 0 Å². The molecular formula is C28H41Cl2N3O6. The van der Waals surface area contributed by atoms with Gasteiger partial charge in [0.05, 0.1) is 6.04 Å². The van der Waals surface area contributed by atoms with Crippen molar-refractivity contribution in [3.05, 3.63) is 0 Å². The largest absolute Gasteiger partial charge is 0.444 e. The van der Waals surface area contributed by atoms with E-state index in [0.29, 0.717) is 6.42 Å². The van der Waals surface area contributed by atoms with E-state index in [1.165, 1.54) is 4.90 Å². The van der Waals surface area contributed by atoms with Crippen LogP contribution in [0.25, 0.3) is 0 Å². The lowest BCUT2D eigenvalue weighted by Crippen LogP contribution is -2.57. The van der Waals surface area contributed by atoms with E-state index in [4.69, 9.17) is 33.7 Å². The van der Waals surface area contributed by atoms with E-state index in [0.717, 1.165) is 51.4 Å². The molecule has 4 fully saturated rings. The zero-order valence-corrected chi connectivity index (χ0v) is 24.6. The Labute approximate surface area is 240 Å². The van der Waals surface area contributed by atoms with Crippen LogP contribution in [-0.4, -0.2) is 62.9 Å². The fraction of sp³-hybridized carbons (Fsp3) is 0.821. The molecule has 3 amide bonds. The molecule has 1 aliphatic heterocycles. The molecule has 1 heterocycles. The summed E-state index contributed by atoms with van der Waals surface area (Å²) in [5.74, 6) is -3.93. The first-order valence-corrected chi connectivity index (χ1v) is 15.0. The van der Waals surface area contributed by atoms with Crippen LogP contribution in [0.4, 0.5) is 4.79 Å². The predicted molar refractivity (Wildman–Crippen MR) is 146 cm³/mol. The second-order valence-corrected chi connectivity index (χ2v) is 14.3. The molecule has 0 aromatic carbocycles. The molecule has 4 rings (SSSR count). The number of alkyl carbamates (subject to hydrolysis) is 1. The standard InChI is InChI=1S/C28H41Cl2N3O6/c1-27(2,3)39-26(38)32-21(16-10-5-4-6-11-16)25(37)33-14-18-20(28(18,29)30)22(33)19(34)13-17(23(35)24(31)36)12-15-8-7-9-15/h15-18,20-22H,4-14H2,1-3H3,(H2,31,36)(H,32,38)/t17?,18-,20-,21-,22+/m0/s1. The summed E-state index contributed by atoms with van der Waals surface area (Å²) in [4.78, 5) is 66.5. The highest BCUT2D eigenvalue weighted by molar-refractivity contribution is 6.51. The van der Waals surface area contributed by atoms with Crippen molar-refractivity contribution >= 4 is 52.7 Å². The van der Waals surface area contributed by atoms with E-state index < -0.39 is 51.6 Å². The number of piperidine rings is 1. The Bertz CT molecular complexity index is 1000. The molecule has 1 unspecified atom stereocenters. The van der Waals surface area contributed by atoms with Crippen LogP contribution in [0.3, 0.4) is 0 Å². The lowest BCUT2D eigenvalue weighted by molar-refractivity contribution is -0.144. The number of ether oxygens (including phenoxy) is 1. The monoisotopic (exact) mass is 585 g/mol. The Morgan fingerprint density at radius 3 is 2.21 bits per heavy atom. The Morgan fingerprint density at radius 2 is 1.67 bits per heavy atom. The number of hydrogen-bond acceptors (Lipinski definition) is 6. The number of primary amides is 1. The number of carbonyl (C=O) groups excluding carboxylic acids is 5. The summed E-state index contributed by atoms with van der Waals surface area (Å²) in [7, 11) is 0. The third-order valence-electron chi connectivity index (χ3n) is 8.91. The fourth-order valence-corrected chi connectivity index (χ4v) is 7.47. The number of fused-ring (bicyclic) bond motifs is 1. The number of carbonyl (C=O) groups is 5. The molecule has 39 heavy (non-hydrogen) atoms. The summed E-state index contributed by atoms with van der Waals surface area (Å²) in [6.07, 6.45) is 6.99. The Balaban J connectivity index is 1.55. The summed E-state index contributed by atoms with van der Waals surface area (Å²) >= 11 is 13.0. The van der Waals surface area contributed by atoms with Gasteiger partial charge in [0.15, 0.2) is 5.78 Å². The van der Waals surface area contributed by atoms with Gasteiger partial charge >= 0.3 is 6.09 Å². The predicted octanol–water partition coefficient (Wildman–Crippen LogP) is 3.91. The normalized spacial score (nSPS) is 28.0. The zero-order valence-electron chi connectivity index (χ0n) is 23.0. The number of nitrogens with one attached hydrogen (secondary N) is 1. The molecule has 11 heteroatoms. The van der Waals surface area contributed by atoms with Crippen LogP contribution in [0, 0.1) is 29.6 Å². The van der Waals surface area contributed by atoms with E-state index in [9.17, 15) is 24.0 Å². The van der Waals surface area contributed by atoms with Crippen LogP contribution in [0.1, 0.15) is 85.0 Å². The number of halogens is 2. The zero-order chi connectivity index (χ0) is 28.7. The average molecular weight is 587 g/mol. The van der Waals surface area contributed by atoms with Gasteiger partial charge in [0.2, 0.25) is 11.7 Å². The smallest absolute Gasteiger partial charge is 0.408 e. The summed E-state index contributed by atoms with van der Waals surface area (Å²) in [5, 5.41) is 2.80. The molecule has 1 saturated heterocycles. The third kappa shape index (κ3) is 6.72. The van der Waals surface area contributed by atoms with Crippen molar-refractivity contribution in [1.29, 1.82) is 0 Å². The van der Waals surface area contributed by atoms with Crippen LogP contribution < -0.4 is 11.1 Å². The highest BCUT2D eigenvalue weighted by Gasteiger charge is 2.73. The molecule has 3 aliphatic carbocycles. The van der Waals surface area contributed by atoms with Crippen molar-refractivity contribution in [2.45, 2.75) is 107 Å². The van der Waals surface area contributed by atoms with Gasteiger partial charge in [-0.2, -0.15) is 0 Å². The van der Waals surface area contributed by atoms with Gasteiger partial charge in [-0.05, 0) is 51.9 Å². The summed E-state index contributed by atoms with van der Waals surface area (Å²) in [6.45, 7) is 5.44. The van der Waals surface area contributed by atoms with Crippen LogP contribution in [0.5, 0.6) is 0 Å². The quantitative estimate of drug-likeness (QED) is 0.294. The molecule has 3 N–H and O–H groups in total. The third-order valence-corrected chi connectivity index (χ3v) is 9.97. The van der Waals surface area contributed by atoms with Crippen molar-refractivity contribution < 1.29 is 28.7 Å². The van der Waals surface area contributed by atoms with Gasteiger partial charge in [0.1, 0.15) is 16.0 Å². The van der Waals surface area contributed by atoms with Crippen molar-refractivity contribution in [2.24, 2.45) is 35.3 Å². The van der Waals surface area contributed by atoms with Gasteiger partial charge in [-0.15, -0.1) is 23.2 Å². The van der Waals surface area contributed by atoms with Gasteiger partial charge in [0.25, 0.3) is 5.91 Å². The molecule has 0 aromatic heterocycles. The van der Waals surface area contributed by atoms with Gasteiger partial charge < -0.3 is 20.7 Å². The molecule has 4 aliphatic rings. The summed E-state index contributed by atoms with van der Waals surface area (Å²) < 4.78 is 4.31. The molecule has 5 atom stereocenters. The van der Waals surface area contributed by atoms with Gasteiger partial charge in [-0.3, -0.25) is 19.2 Å².